The first-order chi connectivity index (χ1) is 9.65. The third-order valence-electron chi connectivity index (χ3n) is 2.91. The van der Waals surface area contributed by atoms with Gasteiger partial charge in [-0.2, -0.15) is 0 Å². The number of hydrogen-bond acceptors (Lipinski definition) is 3. The Morgan fingerprint density at radius 2 is 2.05 bits per heavy atom. The van der Waals surface area contributed by atoms with Gasteiger partial charge in [-0.25, -0.2) is 0 Å². The van der Waals surface area contributed by atoms with Crippen LogP contribution in [0.1, 0.15) is 16.0 Å². The number of carbonyl (C=O) groups is 1. The van der Waals surface area contributed by atoms with Crippen LogP contribution in [0.2, 0.25) is 0 Å². The Hall–Kier alpha value is -1.46. The minimum absolute atomic E-state index is 0.0553. The van der Waals surface area contributed by atoms with Crippen molar-refractivity contribution < 1.29 is 9.00 Å². The molecule has 3 nitrogen and oxygen atoms in total. The highest BCUT2D eigenvalue weighted by Gasteiger charge is 2.09. The van der Waals surface area contributed by atoms with E-state index in [4.69, 9.17) is 0 Å². The third kappa shape index (κ3) is 4.58. The number of nitrogens with one attached hydrogen (secondary N) is 1. The van der Waals surface area contributed by atoms with Crippen molar-refractivity contribution in [2.24, 2.45) is 0 Å². The van der Waals surface area contributed by atoms with Crippen LogP contribution in [0.3, 0.4) is 0 Å². The van der Waals surface area contributed by atoms with E-state index in [1.54, 1.807) is 11.3 Å². The molecule has 1 unspecified atom stereocenters. The normalized spacial score (nSPS) is 12.1. The average molecular weight is 307 g/mol. The van der Waals surface area contributed by atoms with Gasteiger partial charge in [0.25, 0.3) is 0 Å². The van der Waals surface area contributed by atoms with E-state index in [0.717, 1.165) is 16.0 Å². The molecule has 1 heterocycles. The smallest absolute Gasteiger partial charge is 0.232 e. The van der Waals surface area contributed by atoms with Crippen molar-refractivity contribution in [3.63, 3.8) is 0 Å². The van der Waals surface area contributed by atoms with E-state index in [-0.39, 0.29) is 11.7 Å². The van der Waals surface area contributed by atoms with Crippen LogP contribution >= 0.6 is 11.3 Å². The van der Waals surface area contributed by atoms with Gasteiger partial charge in [0.2, 0.25) is 5.91 Å². The fraction of sp³-hybridized carbons (Fsp3) is 0.267. The fourth-order valence-electron chi connectivity index (χ4n) is 1.79. The zero-order valence-electron chi connectivity index (χ0n) is 11.3. The van der Waals surface area contributed by atoms with Gasteiger partial charge < -0.3 is 5.32 Å². The number of thiophene rings is 1. The summed E-state index contributed by atoms with van der Waals surface area (Å²) in [6, 6.07) is 11.7. The maximum atomic E-state index is 12.0. The van der Waals surface area contributed by atoms with E-state index < -0.39 is 10.8 Å². The van der Waals surface area contributed by atoms with E-state index in [0.29, 0.717) is 12.3 Å². The van der Waals surface area contributed by atoms with Crippen LogP contribution < -0.4 is 5.32 Å². The molecule has 1 atom stereocenters. The second kappa shape index (κ2) is 7.36. The Morgan fingerprint density at radius 1 is 1.25 bits per heavy atom. The number of amides is 1. The number of hydrogen-bond donors (Lipinski definition) is 1. The highest BCUT2D eigenvalue weighted by Crippen LogP contribution is 2.10. The van der Waals surface area contributed by atoms with Crippen LogP contribution in [0, 0.1) is 6.92 Å². The SMILES string of the molecule is Cc1ccccc1CS(=O)CC(=O)NCc1cccs1. The first kappa shape index (κ1) is 14.9. The summed E-state index contributed by atoms with van der Waals surface area (Å²) < 4.78 is 12.0. The molecule has 0 saturated heterocycles. The minimum Gasteiger partial charge on any atom is -0.350 e. The molecule has 0 spiro atoms. The molecule has 0 aliphatic heterocycles. The largest absolute Gasteiger partial charge is 0.350 e. The summed E-state index contributed by atoms with van der Waals surface area (Å²) in [7, 11) is -1.17. The van der Waals surface area contributed by atoms with Gasteiger partial charge in [0.15, 0.2) is 0 Å². The monoisotopic (exact) mass is 307 g/mol. The van der Waals surface area contributed by atoms with Crippen LogP contribution in [-0.4, -0.2) is 15.9 Å². The molecule has 1 aromatic carbocycles. The Kier molecular flexibility index (Phi) is 5.49. The summed E-state index contributed by atoms with van der Waals surface area (Å²) in [6.07, 6.45) is 0. The maximum absolute atomic E-state index is 12.0. The highest BCUT2D eigenvalue weighted by molar-refractivity contribution is 7.84. The van der Waals surface area contributed by atoms with Crippen molar-refractivity contribution >= 4 is 28.0 Å². The lowest BCUT2D eigenvalue weighted by Gasteiger charge is -2.06. The van der Waals surface area contributed by atoms with Gasteiger partial charge >= 0.3 is 0 Å². The standard InChI is InChI=1S/C15H17NO2S2/c1-12-5-2-3-6-13(12)10-20(18)11-15(17)16-9-14-7-4-8-19-14/h2-8H,9-11H2,1H3,(H,16,17). The summed E-state index contributed by atoms with van der Waals surface area (Å²) in [4.78, 5) is 12.8. The van der Waals surface area contributed by atoms with E-state index in [2.05, 4.69) is 5.32 Å². The van der Waals surface area contributed by atoms with Gasteiger partial charge in [0.05, 0.1) is 6.54 Å². The molecule has 2 rings (SSSR count). The molecule has 2 aromatic rings. The number of rotatable bonds is 6. The van der Waals surface area contributed by atoms with Crippen LogP contribution in [0.25, 0.3) is 0 Å². The lowest BCUT2D eigenvalue weighted by molar-refractivity contribution is -0.118. The third-order valence-corrected chi connectivity index (χ3v) is 5.00. The van der Waals surface area contributed by atoms with Crippen molar-refractivity contribution in [3.8, 4) is 0 Å². The van der Waals surface area contributed by atoms with Gasteiger partial charge in [-0.1, -0.05) is 30.3 Å². The Balaban J connectivity index is 1.79. The molecule has 1 N–H and O–H groups in total. The van der Waals surface area contributed by atoms with E-state index in [1.807, 2.05) is 48.7 Å². The zero-order valence-corrected chi connectivity index (χ0v) is 12.9. The molecule has 0 fully saturated rings. The van der Waals surface area contributed by atoms with Crippen LogP contribution in [0.15, 0.2) is 41.8 Å². The molecule has 0 bridgehead atoms. The molecule has 0 saturated carbocycles. The lowest BCUT2D eigenvalue weighted by atomic mass is 10.1. The molecule has 5 heteroatoms. The van der Waals surface area contributed by atoms with Crippen LogP contribution in [0.5, 0.6) is 0 Å². The topological polar surface area (TPSA) is 46.2 Å². The molecule has 0 aliphatic rings. The van der Waals surface area contributed by atoms with E-state index in [1.165, 1.54) is 0 Å². The lowest BCUT2D eigenvalue weighted by Crippen LogP contribution is -2.27. The van der Waals surface area contributed by atoms with Crippen molar-refractivity contribution in [2.75, 3.05) is 5.75 Å². The van der Waals surface area contributed by atoms with Gasteiger partial charge in [-0.3, -0.25) is 9.00 Å². The zero-order chi connectivity index (χ0) is 14.4. The molecule has 0 radical (unpaired) electrons. The molecular formula is C15H17NO2S2. The molecular weight excluding hydrogens is 290 g/mol. The number of aryl methyl sites for hydroxylation is 1. The second-order valence-electron chi connectivity index (χ2n) is 4.51. The van der Waals surface area contributed by atoms with Crippen molar-refractivity contribution in [3.05, 3.63) is 57.8 Å². The summed E-state index contributed by atoms with van der Waals surface area (Å²) in [5.74, 6) is 0.323. The summed E-state index contributed by atoms with van der Waals surface area (Å²) >= 11 is 1.60. The first-order valence-corrected chi connectivity index (χ1v) is 8.70. The van der Waals surface area contributed by atoms with E-state index in [9.17, 15) is 9.00 Å². The summed E-state index contributed by atoms with van der Waals surface area (Å²) in [5, 5.41) is 4.76. The van der Waals surface area contributed by atoms with Gasteiger partial charge in [0.1, 0.15) is 5.75 Å². The maximum Gasteiger partial charge on any atom is 0.232 e. The van der Waals surface area contributed by atoms with Crippen molar-refractivity contribution in [2.45, 2.75) is 19.2 Å². The molecule has 0 aliphatic carbocycles. The van der Waals surface area contributed by atoms with Gasteiger partial charge in [-0.15, -0.1) is 11.3 Å². The number of carbonyl (C=O) groups excluding carboxylic acids is 1. The van der Waals surface area contributed by atoms with Crippen LogP contribution in [-0.2, 0) is 27.9 Å². The first-order valence-electron chi connectivity index (χ1n) is 6.33. The quantitative estimate of drug-likeness (QED) is 0.892. The minimum atomic E-state index is -1.17. The summed E-state index contributed by atoms with van der Waals surface area (Å²) in [6.45, 7) is 2.50. The van der Waals surface area contributed by atoms with Gasteiger partial charge in [0, 0.05) is 21.4 Å². The second-order valence-corrected chi connectivity index (χ2v) is 7.00. The van der Waals surface area contributed by atoms with Gasteiger partial charge in [-0.05, 0) is 29.5 Å². The predicted molar refractivity (Wildman–Crippen MR) is 84.1 cm³/mol. The van der Waals surface area contributed by atoms with Crippen molar-refractivity contribution in [1.82, 2.24) is 5.32 Å². The predicted octanol–water partition coefficient (Wildman–Crippen LogP) is 2.62. The molecule has 20 heavy (non-hydrogen) atoms. The Labute approximate surface area is 125 Å². The fourth-order valence-corrected chi connectivity index (χ4v) is 3.60. The number of benzene rings is 1. The average Bonchev–Trinajstić information content (AvgIpc) is 2.92. The Morgan fingerprint density at radius 3 is 2.75 bits per heavy atom. The van der Waals surface area contributed by atoms with Crippen LogP contribution in [0.4, 0.5) is 0 Å². The van der Waals surface area contributed by atoms with E-state index >= 15 is 0 Å². The highest BCUT2D eigenvalue weighted by atomic mass is 32.2. The Bertz CT molecular complexity index is 594. The molecule has 106 valence electrons. The van der Waals surface area contributed by atoms with Crippen molar-refractivity contribution in [1.29, 1.82) is 0 Å². The molecule has 1 aromatic heterocycles. The molecule has 1 amide bonds. The summed E-state index contributed by atoms with van der Waals surface area (Å²) in [5.41, 5.74) is 2.15.